The lowest BCUT2D eigenvalue weighted by molar-refractivity contribution is 0.0585. The molecule has 1 saturated carbocycles. The first-order valence-electron chi connectivity index (χ1n) is 19.6. The number of pyridine rings is 1. The number of halogens is 3. The summed E-state index contributed by atoms with van der Waals surface area (Å²) in [6, 6.07) is 26.8. The van der Waals surface area contributed by atoms with E-state index in [2.05, 4.69) is 21.2 Å². The van der Waals surface area contributed by atoms with Gasteiger partial charge in [0.15, 0.2) is 0 Å². The standard InChI is InChI=1S/C23H18FN3O2S.C16H12F2N2OS.C5H10.CH5N/c1-15-6-7-17(24)14-18(15)21-26-27(22(28)16-8-11-25-12-9-16)23(30-21)10-13-29-20-5-3-2-4-19(20)23;17-10-5-6-13(18)11(9-10)15-19-20-16(22-15)7-8-21-14-4-2-1-3-12(14)16;1-2-4-5-3-1;1-2/h2-9,11-12,14H,10,13H2,1H3;1-6,9,20H,7-8H2;1-5H2;2H2,1H3. The maximum atomic E-state index is 14.0. The second kappa shape index (κ2) is 18.7. The van der Waals surface area contributed by atoms with Crippen LogP contribution in [0.4, 0.5) is 13.2 Å². The Bertz CT molecular complexity index is 2340. The number of para-hydroxylation sites is 2. The van der Waals surface area contributed by atoms with Gasteiger partial charge in [-0.05, 0) is 74.1 Å². The van der Waals surface area contributed by atoms with Gasteiger partial charge < -0.3 is 15.2 Å². The highest BCUT2D eigenvalue weighted by molar-refractivity contribution is 8.15. The lowest BCUT2D eigenvalue weighted by atomic mass is 9.98. The second-order valence-electron chi connectivity index (χ2n) is 14.1. The van der Waals surface area contributed by atoms with E-state index < -0.39 is 21.4 Å². The van der Waals surface area contributed by atoms with Gasteiger partial charge >= 0.3 is 0 Å². The van der Waals surface area contributed by atoms with Crippen molar-refractivity contribution in [1.82, 2.24) is 15.4 Å². The summed E-state index contributed by atoms with van der Waals surface area (Å²) >= 11 is 2.88. The minimum absolute atomic E-state index is 0.179. The average Bonchev–Trinajstić information content (AvgIpc) is 4.07. The molecule has 14 heteroatoms. The molecule has 4 aliphatic heterocycles. The number of nitrogens with zero attached hydrogens (tertiary/aromatic N) is 4. The number of carbonyl (C=O) groups is 1. The molecule has 10 rings (SSSR count). The summed E-state index contributed by atoms with van der Waals surface area (Å²) < 4.78 is 52.9. The van der Waals surface area contributed by atoms with Crippen LogP contribution in [0.1, 0.15) is 83.1 Å². The average molecular weight is 839 g/mol. The molecule has 59 heavy (non-hydrogen) atoms. The molecule has 1 aliphatic carbocycles. The van der Waals surface area contributed by atoms with Crippen LogP contribution in [-0.2, 0) is 9.74 Å². The SMILES string of the molecule is C1CCCC1.CN.Cc1ccc(F)cc1C1=NN(C(=O)c2ccncc2)C2(CCOc3ccccc32)S1.Fc1ccc(F)c(C2=NNC3(CCOc4ccccc43)S2)c1. The number of benzene rings is 4. The van der Waals surface area contributed by atoms with Crippen molar-refractivity contribution in [3.8, 4) is 11.5 Å². The van der Waals surface area contributed by atoms with Gasteiger partial charge in [-0.1, -0.05) is 98.1 Å². The number of fused-ring (bicyclic) bond motifs is 4. The van der Waals surface area contributed by atoms with E-state index in [9.17, 15) is 18.0 Å². The van der Waals surface area contributed by atoms with E-state index in [0.29, 0.717) is 47.3 Å². The second-order valence-corrected chi connectivity index (χ2v) is 16.7. The van der Waals surface area contributed by atoms with Crippen LogP contribution >= 0.6 is 23.5 Å². The molecule has 1 fully saturated rings. The topological polar surface area (TPSA) is 114 Å². The van der Waals surface area contributed by atoms with Crippen molar-refractivity contribution < 1.29 is 27.4 Å². The number of ether oxygens (including phenoxy) is 2. The number of nitrogens with one attached hydrogen (secondary N) is 1. The minimum atomic E-state index is -0.761. The predicted octanol–water partition coefficient (Wildman–Crippen LogP) is 9.84. The van der Waals surface area contributed by atoms with Crippen molar-refractivity contribution in [2.75, 3.05) is 20.3 Å². The lowest BCUT2D eigenvalue weighted by Gasteiger charge is -2.39. The van der Waals surface area contributed by atoms with Gasteiger partial charge in [-0.15, -0.1) is 0 Å². The van der Waals surface area contributed by atoms with Crippen molar-refractivity contribution in [1.29, 1.82) is 0 Å². The number of hydrogen-bond acceptors (Lipinski definition) is 10. The Kier molecular flexibility index (Phi) is 13.3. The molecule has 5 heterocycles. The van der Waals surface area contributed by atoms with Gasteiger partial charge in [0, 0.05) is 53.1 Å². The third kappa shape index (κ3) is 8.85. The van der Waals surface area contributed by atoms with Crippen LogP contribution in [0.2, 0.25) is 0 Å². The zero-order chi connectivity index (χ0) is 41.4. The van der Waals surface area contributed by atoms with Gasteiger partial charge in [0.1, 0.15) is 48.8 Å². The van der Waals surface area contributed by atoms with Crippen LogP contribution < -0.4 is 20.6 Å². The van der Waals surface area contributed by atoms with Gasteiger partial charge in [0.2, 0.25) is 0 Å². The van der Waals surface area contributed by atoms with Crippen molar-refractivity contribution in [2.24, 2.45) is 15.9 Å². The van der Waals surface area contributed by atoms with E-state index in [-0.39, 0.29) is 17.3 Å². The molecule has 1 amide bonds. The first-order valence-corrected chi connectivity index (χ1v) is 21.2. The number of amides is 1. The molecule has 0 saturated heterocycles. The molecular formula is C45H45F3N6O3S2. The molecular weight excluding hydrogens is 794 g/mol. The van der Waals surface area contributed by atoms with E-state index in [4.69, 9.17) is 14.6 Å². The summed E-state index contributed by atoms with van der Waals surface area (Å²) in [5, 5.41) is 11.6. The Balaban J connectivity index is 0.000000159. The normalized spacial score (nSPS) is 20.7. The molecule has 1 aromatic heterocycles. The van der Waals surface area contributed by atoms with Crippen LogP contribution in [0.5, 0.6) is 11.5 Å². The van der Waals surface area contributed by atoms with Gasteiger partial charge in [0.05, 0.1) is 13.2 Å². The molecule has 9 nitrogen and oxygen atoms in total. The number of hydrogen-bond donors (Lipinski definition) is 2. The van der Waals surface area contributed by atoms with E-state index in [1.165, 1.54) is 85.9 Å². The number of rotatable bonds is 3. The Labute approximate surface area is 350 Å². The summed E-state index contributed by atoms with van der Waals surface area (Å²) in [5.74, 6) is 0.00544. The number of aromatic nitrogens is 1. The molecule has 2 unspecified atom stereocenters. The van der Waals surface area contributed by atoms with Crippen molar-refractivity contribution in [3.05, 3.63) is 160 Å². The lowest BCUT2D eigenvalue weighted by Crippen LogP contribution is -2.44. The molecule has 4 aromatic carbocycles. The predicted molar refractivity (Wildman–Crippen MR) is 229 cm³/mol. The summed E-state index contributed by atoms with van der Waals surface area (Å²) in [6.45, 7) is 2.91. The summed E-state index contributed by atoms with van der Waals surface area (Å²) in [5.41, 5.74) is 11.7. The molecule has 3 N–H and O–H groups in total. The van der Waals surface area contributed by atoms with Gasteiger partial charge in [-0.2, -0.15) is 10.2 Å². The quantitative estimate of drug-likeness (QED) is 0.185. The third-order valence-electron chi connectivity index (χ3n) is 10.4. The fraction of sp³-hybridized carbons (Fsp3) is 0.289. The van der Waals surface area contributed by atoms with Crippen LogP contribution in [0.25, 0.3) is 0 Å². The van der Waals surface area contributed by atoms with E-state index in [1.807, 2.05) is 55.5 Å². The smallest absolute Gasteiger partial charge is 0.275 e. The Morgan fingerprint density at radius 1 is 0.729 bits per heavy atom. The minimum Gasteiger partial charge on any atom is -0.493 e. The summed E-state index contributed by atoms with van der Waals surface area (Å²) in [6.07, 6.45) is 11.9. The molecule has 306 valence electrons. The Morgan fingerprint density at radius 2 is 1.32 bits per heavy atom. The van der Waals surface area contributed by atoms with E-state index in [1.54, 1.807) is 30.6 Å². The molecule has 5 aromatic rings. The van der Waals surface area contributed by atoms with E-state index in [0.717, 1.165) is 40.3 Å². The number of carbonyl (C=O) groups excluding carboxylic acids is 1. The molecule has 5 aliphatic rings. The Hall–Kier alpha value is -5.31. The third-order valence-corrected chi connectivity index (χ3v) is 13.2. The monoisotopic (exact) mass is 838 g/mol. The van der Waals surface area contributed by atoms with Crippen LogP contribution in [0.15, 0.2) is 120 Å². The van der Waals surface area contributed by atoms with Crippen molar-refractivity contribution >= 4 is 39.5 Å². The molecule has 0 bridgehead atoms. The van der Waals surface area contributed by atoms with Crippen LogP contribution in [0, 0.1) is 24.4 Å². The van der Waals surface area contributed by atoms with Crippen molar-refractivity contribution in [3.63, 3.8) is 0 Å². The molecule has 2 atom stereocenters. The summed E-state index contributed by atoms with van der Waals surface area (Å²) in [4.78, 5) is 16.3. The highest BCUT2D eigenvalue weighted by Crippen LogP contribution is 2.55. The van der Waals surface area contributed by atoms with Gasteiger partial charge in [-0.25, -0.2) is 18.2 Å². The fourth-order valence-electron chi connectivity index (χ4n) is 7.43. The molecule has 2 spiro atoms. The zero-order valence-electron chi connectivity index (χ0n) is 32.8. The van der Waals surface area contributed by atoms with Crippen LogP contribution in [-0.4, -0.2) is 46.2 Å². The first kappa shape index (κ1) is 41.8. The summed E-state index contributed by atoms with van der Waals surface area (Å²) in [7, 11) is 1.50. The van der Waals surface area contributed by atoms with E-state index >= 15 is 0 Å². The number of nitrogens with two attached hydrogens (primary N) is 1. The number of aryl methyl sites for hydroxylation is 1. The highest BCUT2D eigenvalue weighted by atomic mass is 32.2. The first-order chi connectivity index (χ1) is 28.8. The van der Waals surface area contributed by atoms with Gasteiger partial charge in [-0.3, -0.25) is 15.2 Å². The maximum Gasteiger partial charge on any atom is 0.275 e. The highest BCUT2D eigenvalue weighted by Gasteiger charge is 2.52. The Morgan fingerprint density at radius 3 is 2.02 bits per heavy atom. The van der Waals surface area contributed by atoms with Crippen LogP contribution in [0.3, 0.4) is 0 Å². The molecule has 0 radical (unpaired) electrons. The zero-order valence-corrected chi connectivity index (χ0v) is 34.4. The fourth-order valence-corrected chi connectivity index (χ4v) is 10.1. The number of thioether (sulfide) groups is 2. The van der Waals surface area contributed by atoms with Gasteiger partial charge in [0.25, 0.3) is 5.91 Å². The number of hydrazone groups is 2. The largest absolute Gasteiger partial charge is 0.493 e. The maximum absolute atomic E-state index is 14.0. The van der Waals surface area contributed by atoms with Crippen molar-refractivity contribution in [2.45, 2.75) is 61.6 Å².